The van der Waals surface area contributed by atoms with Crippen LogP contribution in [0.4, 0.5) is 0 Å². The Kier molecular flexibility index (Phi) is 15.3. The lowest BCUT2D eigenvalue weighted by Gasteiger charge is -2.03. The predicted octanol–water partition coefficient (Wildman–Crippen LogP) is 7.25. The molecule has 1 aromatic rings. The number of benzene rings is 1. The number of halogens is 1. The molecule has 1 aromatic carbocycles. The first kappa shape index (κ1) is 20.8. The molecule has 1 unspecified atom stereocenters. The van der Waals surface area contributed by atoms with Crippen molar-refractivity contribution in [2.75, 3.05) is 0 Å². The Morgan fingerprint density at radius 2 is 1.58 bits per heavy atom. The van der Waals surface area contributed by atoms with Gasteiger partial charge in [0.1, 0.15) is 0 Å². The van der Waals surface area contributed by atoms with E-state index in [-0.39, 0.29) is 0 Å². The quantitative estimate of drug-likeness (QED) is 0.509. The van der Waals surface area contributed by atoms with Crippen molar-refractivity contribution in [2.24, 2.45) is 0 Å². The van der Waals surface area contributed by atoms with Gasteiger partial charge in [-0.05, 0) is 42.0 Å². The largest absolute Gasteiger partial charge is 0.0843 e. The lowest BCUT2D eigenvalue weighted by atomic mass is 10.0. The standard InChI is InChI=1S/C10H11Cl.C4H10.2C2H6/c1-7-2-3-8-4-5-9(11)6-10(7)8;1-3-4-2;2*1-2/h4-7H,2-3H2,1H3;3-4H2,1-2H3;2*1-2H3. The van der Waals surface area contributed by atoms with Gasteiger partial charge in [0.2, 0.25) is 0 Å². The molecule has 1 aliphatic carbocycles. The average Bonchev–Trinajstić information content (AvgIpc) is 2.85. The summed E-state index contributed by atoms with van der Waals surface area (Å²) in [5.41, 5.74) is 2.94. The van der Waals surface area contributed by atoms with Gasteiger partial charge in [0.05, 0.1) is 0 Å². The van der Waals surface area contributed by atoms with Crippen LogP contribution in [0.25, 0.3) is 0 Å². The molecule has 2 rings (SSSR count). The van der Waals surface area contributed by atoms with E-state index in [0.29, 0.717) is 5.92 Å². The molecule has 0 aromatic heterocycles. The maximum absolute atomic E-state index is 5.89. The summed E-state index contributed by atoms with van der Waals surface area (Å²) in [7, 11) is 0. The molecule has 1 atom stereocenters. The molecule has 1 heteroatoms. The van der Waals surface area contributed by atoms with Crippen LogP contribution in [-0.4, -0.2) is 0 Å². The van der Waals surface area contributed by atoms with Gasteiger partial charge in [-0.15, -0.1) is 0 Å². The van der Waals surface area contributed by atoms with Crippen molar-refractivity contribution >= 4 is 11.6 Å². The highest BCUT2D eigenvalue weighted by Gasteiger charge is 2.17. The number of fused-ring (bicyclic) bond motifs is 1. The molecular formula is C18H33Cl. The maximum Gasteiger partial charge on any atom is 0.0409 e. The van der Waals surface area contributed by atoms with Gasteiger partial charge in [-0.1, -0.05) is 79.0 Å². The highest BCUT2D eigenvalue weighted by Crippen LogP contribution is 2.33. The normalized spacial score (nSPS) is 14.8. The molecule has 0 bridgehead atoms. The van der Waals surface area contributed by atoms with Crippen LogP contribution in [0.2, 0.25) is 5.02 Å². The van der Waals surface area contributed by atoms with Gasteiger partial charge < -0.3 is 0 Å². The number of hydrogen-bond donors (Lipinski definition) is 0. The Hall–Kier alpha value is -0.490. The minimum Gasteiger partial charge on any atom is -0.0843 e. The summed E-state index contributed by atoms with van der Waals surface area (Å²) in [5, 5.41) is 0.873. The van der Waals surface area contributed by atoms with E-state index in [4.69, 9.17) is 11.6 Å². The van der Waals surface area contributed by atoms with E-state index < -0.39 is 0 Å². The molecular weight excluding hydrogens is 252 g/mol. The van der Waals surface area contributed by atoms with Gasteiger partial charge in [0, 0.05) is 5.02 Å². The maximum atomic E-state index is 5.89. The molecule has 1 aliphatic rings. The molecule has 112 valence electrons. The third-order valence-corrected chi connectivity index (χ3v) is 3.22. The third-order valence-electron chi connectivity index (χ3n) is 2.99. The fourth-order valence-electron chi connectivity index (χ4n) is 1.78. The molecule has 0 amide bonds. The summed E-state index contributed by atoms with van der Waals surface area (Å²) in [6.07, 6.45) is 5.16. The average molecular weight is 285 g/mol. The van der Waals surface area contributed by atoms with Crippen molar-refractivity contribution < 1.29 is 0 Å². The summed E-state index contributed by atoms with van der Waals surface area (Å²) >= 11 is 5.89. The van der Waals surface area contributed by atoms with E-state index in [9.17, 15) is 0 Å². The summed E-state index contributed by atoms with van der Waals surface area (Å²) in [4.78, 5) is 0. The molecule has 19 heavy (non-hydrogen) atoms. The second kappa shape index (κ2) is 13.9. The van der Waals surface area contributed by atoms with E-state index in [1.54, 1.807) is 0 Å². The van der Waals surface area contributed by atoms with Crippen LogP contribution in [-0.2, 0) is 6.42 Å². The van der Waals surface area contributed by atoms with Gasteiger partial charge in [0.15, 0.2) is 0 Å². The Balaban J connectivity index is 0. The number of hydrogen-bond acceptors (Lipinski definition) is 0. The number of aryl methyl sites for hydroxylation is 1. The first-order chi connectivity index (χ1) is 9.19. The Bertz CT molecular complexity index is 303. The third kappa shape index (κ3) is 8.31. The van der Waals surface area contributed by atoms with Crippen LogP contribution >= 0.6 is 11.6 Å². The molecule has 0 N–H and O–H groups in total. The summed E-state index contributed by atoms with van der Waals surface area (Å²) in [6, 6.07) is 6.24. The highest BCUT2D eigenvalue weighted by molar-refractivity contribution is 6.30. The van der Waals surface area contributed by atoms with Crippen molar-refractivity contribution in [3.8, 4) is 0 Å². The van der Waals surface area contributed by atoms with Crippen molar-refractivity contribution in [2.45, 2.75) is 80.1 Å². The Labute approximate surface area is 126 Å². The summed E-state index contributed by atoms with van der Waals surface area (Å²) in [6.45, 7) is 14.6. The van der Waals surface area contributed by atoms with E-state index >= 15 is 0 Å². The van der Waals surface area contributed by atoms with Crippen LogP contribution in [0.15, 0.2) is 18.2 Å². The zero-order valence-electron chi connectivity index (χ0n) is 14.0. The van der Waals surface area contributed by atoms with Crippen LogP contribution < -0.4 is 0 Å². The van der Waals surface area contributed by atoms with Gasteiger partial charge in [0.25, 0.3) is 0 Å². The smallest absolute Gasteiger partial charge is 0.0409 e. The first-order valence-corrected chi connectivity index (χ1v) is 8.35. The molecule has 0 fully saturated rings. The van der Waals surface area contributed by atoms with Gasteiger partial charge in [-0.2, -0.15) is 0 Å². The molecule has 0 saturated heterocycles. The molecule has 0 nitrogen and oxygen atoms in total. The fraction of sp³-hybridized carbons (Fsp3) is 0.667. The topological polar surface area (TPSA) is 0 Å². The van der Waals surface area contributed by atoms with E-state index in [1.165, 1.54) is 36.8 Å². The van der Waals surface area contributed by atoms with Crippen molar-refractivity contribution in [3.05, 3.63) is 34.3 Å². The summed E-state index contributed by atoms with van der Waals surface area (Å²) < 4.78 is 0. The monoisotopic (exact) mass is 284 g/mol. The molecule has 0 aliphatic heterocycles. The predicted molar refractivity (Wildman–Crippen MR) is 91.5 cm³/mol. The Morgan fingerprint density at radius 1 is 1.05 bits per heavy atom. The lowest BCUT2D eigenvalue weighted by molar-refractivity contribution is 0.747. The zero-order chi connectivity index (χ0) is 15.3. The molecule has 0 saturated carbocycles. The van der Waals surface area contributed by atoms with E-state index in [1.807, 2.05) is 33.8 Å². The van der Waals surface area contributed by atoms with Crippen LogP contribution in [0, 0.1) is 0 Å². The minimum absolute atomic E-state index is 0.712. The van der Waals surface area contributed by atoms with Crippen molar-refractivity contribution in [1.29, 1.82) is 0 Å². The van der Waals surface area contributed by atoms with Crippen LogP contribution in [0.5, 0.6) is 0 Å². The van der Waals surface area contributed by atoms with E-state index in [2.05, 4.69) is 32.9 Å². The number of rotatable bonds is 1. The van der Waals surface area contributed by atoms with Crippen molar-refractivity contribution in [1.82, 2.24) is 0 Å². The number of unbranched alkanes of at least 4 members (excludes halogenated alkanes) is 1. The van der Waals surface area contributed by atoms with Crippen LogP contribution in [0.3, 0.4) is 0 Å². The van der Waals surface area contributed by atoms with Crippen molar-refractivity contribution in [3.63, 3.8) is 0 Å². The lowest BCUT2D eigenvalue weighted by Crippen LogP contribution is -1.84. The second-order valence-electron chi connectivity index (χ2n) is 4.28. The first-order valence-electron chi connectivity index (χ1n) is 7.97. The van der Waals surface area contributed by atoms with E-state index in [0.717, 1.165) is 5.02 Å². The minimum atomic E-state index is 0.712. The second-order valence-corrected chi connectivity index (χ2v) is 4.72. The molecule has 0 radical (unpaired) electrons. The SMILES string of the molecule is CC.CC.CC1CCc2ccc(Cl)cc21.CCCC. The fourth-order valence-corrected chi connectivity index (χ4v) is 1.96. The molecule has 0 heterocycles. The van der Waals surface area contributed by atoms with Crippen LogP contribution in [0.1, 0.15) is 84.8 Å². The van der Waals surface area contributed by atoms with Gasteiger partial charge in [-0.3, -0.25) is 0 Å². The Morgan fingerprint density at radius 3 is 2.05 bits per heavy atom. The zero-order valence-corrected chi connectivity index (χ0v) is 14.8. The van der Waals surface area contributed by atoms with Gasteiger partial charge in [-0.25, -0.2) is 0 Å². The van der Waals surface area contributed by atoms with Gasteiger partial charge >= 0.3 is 0 Å². The summed E-state index contributed by atoms with van der Waals surface area (Å²) in [5.74, 6) is 0.712. The molecule has 0 spiro atoms. The highest BCUT2D eigenvalue weighted by atomic mass is 35.5.